The van der Waals surface area contributed by atoms with Crippen molar-refractivity contribution >= 4 is 28.6 Å². The number of nitrogens with one attached hydrogen (secondary N) is 1. The number of anilines is 1. The van der Waals surface area contributed by atoms with E-state index in [1.54, 1.807) is 10.9 Å². The third-order valence-corrected chi connectivity index (χ3v) is 6.15. The van der Waals surface area contributed by atoms with Crippen LogP contribution in [0.1, 0.15) is 29.8 Å². The Morgan fingerprint density at radius 1 is 1.14 bits per heavy atom. The van der Waals surface area contributed by atoms with Gasteiger partial charge in [0.25, 0.3) is 0 Å². The van der Waals surface area contributed by atoms with Gasteiger partial charge in [-0.25, -0.2) is 4.68 Å². The van der Waals surface area contributed by atoms with E-state index >= 15 is 0 Å². The van der Waals surface area contributed by atoms with Crippen molar-refractivity contribution in [1.29, 1.82) is 0 Å². The summed E-state index contributed by atoms with van der Waals surface area (Å²) in [5.74, 6) is -0.284. The predicted molar refractivity (Wildman–Crippen MR) is 137 cm³/mol. The lowest BCUT2D eigenvalue weighted by Crippen LogP contribution is -2.17. The minimum absolute atomic E-state index is 0.280. The molecule has 7 nitrogen and oxygen atoms in total. The highest BCUT2D eigenvalue weighted by atomic mass is 32.1. The Kier molecular flexibility index (Phi) is 6.70. The number of hydrogen-bond acceptors (Lipinski definition) is 5. The molecule has 0 amide bonds. The van der Waals surface area contributed by atoms with Crippen molar-refractivity contribution in [3.63, 3.8) is 0 Å². The molecule has 2 aliphatic carbocycles. The van der Waals surface area contributed by atoms with Crippen LogP contribution in [0, 0.1) is 6.92 Å². The van der Waals surface area contributed by atoms with Crippen molar-refractivity contribution in [2.24, 2.45) is 10.2 Å². The smallest absolute Gasteiger partial charge is 0.406 e. The number of allylic oxidation sites excluding steroid dienone is 5. The van der Waals surface area contributed by atoms with Crippen LogP contribution in [0.3, 0.4) is 0 Å². The third-order valence-electron chi connectivity index (χ3n) is 5.97. The number of halogens is 3. The molecule has 1 aromatic heterocycles. The molecule has 188 valence electrons. The summed E-state index contributed by atoms with van der Waals surface area (Å²) in [4.78, 5) is 0. The van der Waals surface area contributed by atoms with E-state index in [2.05, 4.69) is 42.7 Å². The van der Waals surface area contributed by atoms with Crippen molar-refractivity contribution < 1.29 is 17.9 Å². The zero-order chi connectivity index (χ0) is 26.0. The Labute approximate surface area is 216 Å². The van der Waals surface area contributed by atoms with Crippen LogP contribution in [0.2, 0.25) is 0 Å². The Morgan fingerprint density at radius 2 is 1.92 bits per heavy atom. The number of hydrogen-bond donors (Lipinski definition) is 1. The number of aryl methyl sites for hydroxylation is 1. The Hall–Kier alpha value is -4.12. The highest BCUT2D eigenvalue weighted by molar-refractivity contribution is 7.80. The number of alkyl halides is 3. The standard InChI is InChI=1S/C26H21F3N6OS/c1-16-4-2-3-5-22(16)31-25(37)33-30-15-17-6-12-21-18(14-17)7-13-23-24(21)32-34-35(23)19-8-10-20(11-9-19)36-26(27,28)29/h2-5,8-12,14-15H,6-7,13H2,1H3,(H,31,37)/b17-15+,33-30+. The number of nitrogens with zero attached hydrogens (tertiary/aromatic N) is 5. The van der Waals surface area contributed by atoms with Crippen LogP contribution in [0.25, 0.3) is 11.3 Å². The SMILES string of the molecule is Cc1ccccc1NC(=S)/N=N/C=C1/C=C2CCc3c(nnn3-c3ccc(OC(F)(F)F)cc3)C2=CC1. The van der Waals surface area contributed by atoms with E-state index in [0.29, 0.717) is 18.5 Å². The van der Waals surface area contributed by atoms with Crippen molar-refractivity contribution in [2.75, 3.05) is 5.32 Å². The van der Waals surface area contributed by atoms with E-state index in [0.717, 1.165) is 45.8 Å². The lowest BCUT2D eigenvalue weighted by molar-refractivity contribution is -0.274. The van der Waals surface area contributed by atoms with E-state index in [9.17, 15) is 13.2 Å². The van der Waals surface area contributed by atoms with Gasteiger partial charge in [-0.15, -0.1) is 23.4 Å². The highest BCUT2D eigenvalue weighted by Gasteiger charge is 2.31. The largest absolute Gasteiger partial charge is 0.573 e. The molecule has 1 heterocycles. The Balaban J connectivity index is 1.27. The summed E-state index contributed by atoms with van der Waals surface area (Å²) in [5.41, 5.74) is 7.39. The molecule has 0 unspecified atom stereocenters. The summed E-state index contributed by atoms with van der Waals surface area (Å²) < 4.78 is 42.9. The summed E-state index contributed by atoms with van der Waals surface area (Å²) in [7, 11) is 0. The van der Waals surface area contributed by atoms with E-state index in [1.165, 1.54) is 24.3 Å². The van der Waals surface area contributed by atoms with Gasteiger partial charge in [0.1, 0.15) is 11.4 Å². The Bertz CT molecular complexity index is 1470. The number of fused-ring (bicyclic) bond motifs is 3. The maximum Gasteiger partial charge on any atom is 0.573 e. The lowest BCUT2D eigenvalue weighted by atomic mass is 9.84. The molecule has 0 aliphatic heterocycles. The van der Waals surface area contributed by atoms with Crippen LogP contribution in [0.15, 0.2) is 88.3 Å². The van der Waals surface area contributed by atoms with Gasteiger partial charge in [-0.3, -0.25) is 0 Å². The normalized spacial score (nSPS) is 16.2. The number of thiocarbonyl (C=S) groups is 1. The van der Waals surface area contributed by atoms with Crippen molar-refractivity contribution in [3.8, 4) is 11.4 Å². The molecule has 1 N–H and O–H groups in total. The molecule has 0 saturated carbocycles. The molecule has 0 fully saturated rings. The second kappa shape index (κ2) is 10.1. The van der Waals surface area contributed by atoms with Crippen molar-refractivity contribution in [1.82, 2.24) is 15.0 Å². The van der Waals surface area contributed by atoms with Gasteiger partial charge in [0.2, 0.25) is 5.11 Å². The van der Waals surface area contributed by atoms with Crippen LogP contribution < -0.4 is 10.1 Å². The van der Waals surface area contributed by atoms with Crippen LogP contribution in [-0.4, -0.2) is 26.5 Å². The number of aromatic nitrogens is 3. The van der Waals surface area contributed by atoms with Crippen LogP contribution in [0.5, 0.6) is 5.75 Å². The van der Waals surface area contributed by atoms with E-state index in [1.807, 2.05) is 31.2 Å². The molecule has 0 saturated heterocycles. The molecule has 0 atom stereocenters. The molecule has 0 spiro atoms. The van der Waals surface area contributed by atoms with Crippen LogP contribution in [-0.2, 0) is 6.42 Å². The third kappa shape index (κ3) is 5.67. The first-order chi connectivity index (χ1) is 17.8. The maximum absolute atomic E-state index is 12.4. The van der Waals surface area contributed by atoms with Gasteiger partial charge in [0, 0.05) is 11.3 Å². The van der Waals surface area contributed by atoms with Gasteiger partial charge in [0.05, 0.1) is 17.6 Å². The Morgan fingerprint density at radius 3 is 2.68 bits per heavy atom. The summed E-state index contributed by atoms with van der Waals surface area (Å²) in [6, 6.07) is 13.4. The fourth-order valence-electron chi connectivity index (χ4n) is 4.25. The zero-order valence-corrected chi connectivity index (χ0v) is 20.5. The number of rotatable bonds is 4. The second-order valence-electron chi connectivity index (χ2n) is 8.49. The van der Waals surface area contributed by atoms with Crippen molar-refractivity contribution in [2.45, 2.75) is 32.5 Å². The fourth-order valence-corrected chi connectivity index (χ4v) is 4.41. The van der Waals surface area contributed by atoms with Crippen LogP contribution >= 0.6 is 12.2 Å². The predicted octanol–water partition coefficient (Wildman–Crippen LogP) is 6.87. The van der Waals surface area contributed by atoms with E-state index in [4.69, 9.17) is 12.2 Å². The molecule has 37 heavy (non-hydrogen) atoms. The topological polar surface area (TPSA) is 76.7 Å². The van der Waals surface area contributed by atoms with Crippen LogP contribution in [0.4, 0.5) is 18.9 Å². The molecule has 2 aromatic carbocycles. The number of azo groups is 1. The molecule has 2 aliphatic rings. The second-order valence-corrected chi connectivity index (χ2v) is 8.88. The monoisotopic (exact) mass is 522 g/mol. The minimum Gasteiger partial charge on any atom is -0.406 e. The van der Waals surface area contributed by atoms with Gasteiger partial charge >= 0.3 is 6.36 Å². The first kappa shape index (κ1) is 24.6. The minimum atomic E-state index is -4.73. The maximum atomic E-state index is 12.4. The zero-order valence-electron chi connectivity index (χ0n) is 19.7. The van der Waals surface area contributed by atoms with Gasteiger partial charge in [-0.05, 0) is 85.4 Å². The fraction of sp³-hybridized carbons (Fsp3) is 0.192. The molecular weight excluding hydrogens is 501 g/mol. The van der Waals surface area contributed by atoms with Gasteiger partial charge in [-0.1, -0.05) is 35.6 Å². The summed E-state index contributed by atoms with van der Waals surface area (Å²) in [5, 5.41) is 20.2. The number of para-hydroxylation sites is 1. The van der Waals surface area contributed by atoms with Gasteiger partial charge in [0.15, 0.2) is 0 Å². The first-order valence-electron chi connectivity index (χ1n) is 11.5. The summed E-state index contributed by atoms with van der Waals surface area (Å²) in [6.07, 6.45) is 3.22. The molecule has 0 radical (unpaired) electrons. The summed E-state index contributed by atoms with van der Waals surface area (Å²) in [6.45, 7) is 1.99. The lowest BCUT2D eigenvalue weighted by Gasteiger charge is -2.22. The molecular formula is C26H21F3N6OS. The quantitative estimate of drug-likeness (QED) is 0.299. The van der Waals surface area contributed by atoms with Gasteiger partial charge in [-0.2, -0.15) is 5.11 Å². The molecule has 11 heteroatoms. The van der Waals surface area contributed by atoms with E-state index < -0.39 is 6.36 Å². The highest BCUT2D eigenvalue weighted by Crippen LogP contribution is 2.38. The average Bonchev–Trinajstić information content (AvgIpc) is 3.29. The first-order valence-corrected chi connectivity index (χ1v) is 11.9. The van der Waals surface area contributed by atoms with Gasteiger partial charge < -0.3 is 10.1 Å². The molecule has 0 bridgehead atoms. The average molecular weight is 523 g/mol. The van der Waals surface area contributed by atoms with E-state index in [-0.39, 0.29) is 10.9 Å². The number of benzene rings is 2. The molecule has 3 aromatic rings. The number of ether oxygens (including phenoxy) is 1. The molecule has 5 rings (SSSR count). The van der Waals surface area contributed by atoms with Crippen molar-refractivity contribution in [3.05, 3.63) is 95.0 Å². The summed E-state index contributed by atoms with van der Waals surface area (Å²) >= 11 is 5.27.